The molecule has 0 aromatic heterocycles. The van der Waals surface area contributed by atoms with E-state index in [2.05, 4.69) is 0 Å². The molecule has 0 saturated heterocycles. The first-order valence-corrected chi connectivity index (χ1v) is 3.32. The fraction of sp³-hybridized carbons (Fsp3) is 1.00. The zero-order chi connectivity index (χ0) is 5.91. The molecule has 0 rings (SSSR count). The normalized spacial score (nSPS) is 9.11. The molecular weight excluding hydrogens is 173 g/mol. The molecule has 0 spiro atoms. The van der Waals surface area contributed by atoms with Crippen molar-refractivity contribution in [3.63, 3.8) is 0 Å². The van der Waals surface area contributed by atoms with E-state index in [0.717, 1.165) is 0 Å². The molecule has 5 nitrogen and oxygen atoms in total. The Morgan fingerprint density at radius 3 is 1.78 bits per heavy atom. The van der Waals surface area contributed by atoms with E-state index in [-0.39, 0.29) is 69.2 Å². The van der Waals surface area contributed by atoms with Gasteiger partial charge < -0.3 is 11.2 Å². The van der Waals surface area contributed by atoms with Gasteiger partial charge in [-0.3, -0.25) is 4.55 Å². The second kappa shape index (κ2) is 7.57. The molecule has 0 aliphatic heterocycles. The molecule has 0 aliphatic rings. The molecule has 52 valence electrons. The maximum absolute atomic E-state index is 9.71. The quantitative estimate of drug-likeness (QED) is 0.330. The van der Waals surface area contributed by atoms with Gasteiger partial charge in [-0.2, -0.15) is 8.42 Å². The smallest absolute Gasteiger partial charge is 0.870 e. The van der Waals surface area contributed by atoms with E-state index in [0.29, 0.717) is 0 Å². The molecule has 0 bridgehead atoms. The maximum Gasteiger partial charge on any atom is 1.00 e. The van der Waals surface area contributed by atoms with Gasteiger partial charge in [-0.25, -0.2) is 0 Å². The van der Waals surface area contributed by atoms with Crippen LogP contribution in [0.2, 0.25) is 0 Å². The standard InChI is InChI=1S/C2H7NO3S.K.H2O/c3-1-2-7(4,5)6;;/h1-3H2,(H,4,5,6);;1H2/q;+1;/p-1. The Labute approximate surface area is 96.5 Å². The van der Waals surface area contributed by atoms with Crippen LogP contribution in [0.5, 0.6) is 0 Å². The van der Waals surface area contributed by atoms with E-state index in [1.165, 1.54) is 0 Å². The topological polar surface area (TPSA) is 110 Å². The van der Waals surface area contributed by atoms with Gasteiger partial charge in [0.1, 0.15) is 0 Å². The van der Waals surface area contributed by atoms with E-state index in [1.54, 1.807) is 0 Å². The number of nitrogens with two attached hydrogens (primary N) is 1. The summed E-state index contributed by atoms with van der Waals surface area (Å²) in [4.78, 5) is 0. The molecule has 4 N–H and O–H groups in total. The monoisotopic (exact) mass is 181 g/mol. The van der Waals surface area contributed by atoms with Crippen molar-refractivity contribution in [2.24, 2.45) is 5.73 Å². The van der Waals surface area contributed by atoms with Crippen LogP contribution in [0.1, 0.15) is 0 Å². The van der Waals surface area contributed by atoms with Gasteiger partial charge >= 0.3 is 51.4 Å². The van der Waals surface area contributed by atoms with Crippen molar-refractivity contribution in [1.29, 1.82) is 0 Å². The first-order valence-electron chi connectivity index (χ1n) is 1.71. The third kappa shape index (κ3) is 17.7. The fourth-order valence-corrected chi connectivity index (χ4v) is 0.447. The average molecular weight is 181 g/mol. The first-order chi connectivity index (χ1) is 3.06. The molecule has 0 saturated carbocycles. The summed E-state index contributed by atoms with van der Waals surface area (Å²) in [6.07, 6.45) is 0. The number of hydrogen-bond acceptors (Lipinski definition) is 4. The molecule has 0 aromatic rings. The molecule has 0 aromatic carbocycles. The van der Waals surface area contributed by atoms with Crippen molar-refractivity contribution >= 4 is 10.1 Å². The second-order valence-corrected chi connectivity index (χ2v) is 2.65. The van der Waals surface area contributed by atoms with E-state index >= 15 is 0 Å². The van der Waals surface area contributed by atoms with Crippen LogP contribution in [0, 0.1) is 0 Å². The van der Waals surface area contributed by atoms with Crippen molar-refractivity contribution in [3.05, 3.63) is 0 Å². The Bertz CT molecular complexity index is 132. The SMILES string of the molecule is NCCS(=O)(=O)O.[K+].[OH-]. The van der Waals surface area contributed by atoms with Crippen LogP contribution >= 0.6 is 0 Å². The molecule has 0 unspecified atom stereocenters. The Kier molecular flexibility index (Phi) is 14.2. The predicted molar refractivity (Wildman–Crippen MR) is 27.4 cm³/mol. The number of rotatable bonds is 2. The van der Waals surface area contributed by atoms with E-state index in [4.69, 9.17) is 10.3 Å². The summed E-state index contributed by atoms with van der Waals surface area (Å²) in [5, 5.41) is 0. The molecule has 7 heteroatoms. The van der Waals surface area contributed by atoms with Gasteiger partial charge in [0.05, 0.1) is 5.75 Å². The van der Waals surface area contributed by atoms with Gasteiger partial charge in [0.15, 0.2) is 0 Å². The fourth-order valence-electron chi connectivity index (χ4n) is 0.149. The zero-order valence-electron chi connectivity index (χ0n) is 5.11. The summed E-state index contributed by atoms with van der Waals surface area (Å²) in [5.41, 5.74) is 4.78. The minimum absolute atomic E-state index is 0. The van der Waals surface area contributed by atoms with Gasteiger partial charge in [-0.05, 0) is 0 Å². The first kappa shape index (κ1) is 16.8. The summed E-state index contributed by atoms with van der Waals surface area (Å²) in [6.45, 7) is -0.0289. The van der Waals surface area contributed by atoms with Crippen LogP contribution in [0.15, 0.2) is 0 Å². The van der Waals surface area contributed by atoms with Crippen molar-refractivity contribution in [2.45, 2.75) is 0 Å². The van der Waals surface area contributed by atoms with E-state index < -0.39 is 10.1 Å². The summed E-state index contributed by atoms with van der Waals surface area (Å²) >= 11 is 0. The van der Waals surface area contributed by atoms with Crippen LogP contribution in [0.4, 0.5) is 0 Å². The van der Waals surface area contributed by atoms with Gasteiger partial charge in [0, 0.05) is 6.54 Å². The molecule has 0 heterocycles. The second-order valence-electron chi connectivity index (χ2n) is 1.07. The average Bonchev–Trinajstić information content (AvgIpc) is 1.30. The van der Waals surface area contributed by atoms with Crippen molar-refractivity contribution in [1.82, 2.24) is 0 Å². The van der Waals surface area contributed by atoms with Gasteiger partial charge in [0.25, 0.3) is 10.1 Å². The van der Waals surface area contributed by atoms with E-state index in [9.17, 15) is 8.42 Å². The summed E-state index contributed by atoms with van der Waals surface area (Å²) in [5.74, 6) is -0.354. The van der Waals surface area contributed by atoms with Crippen molar-refractivity contribution < 1.29 is 69.8 Å². The summed E-state index contributed by atoms with van der Waals surface area (Å²) in [6, 6.07) is 0. The molecular formula is C2H8KNO4S. The van der Waals surface area contributed by atoms with Gasteiger partial charge in [0.2, 0.25) is 0 Å². The Hall–Kier alpha value is 1.47. The van der Waals surface area contributed by atoms with Gasteiger partial charge in [-0.1, -0.05) is 0 Å². The zero-order valence-corrected chi connectivity index (χ0v) is 9.05. The van der Waals surface area contributed by atoms with Crippen LogP contribution < -0.4 is 57.1 Å². The molecule has 0 amide bonds. The largest absolute Gasteiger partial charge is 1.00 e. The predicted octanol–water partition coefficient (Wildman–Crippen LogP) is -4.34. The van der Waals surface area contributed by atoms with Crippen LogP contribution in [-0.4, -0.2) is 30.7 Å². The minimum atomic E-state index is -3.80. The van der Waals surface area contributed by atoms with Crippen LogP contribution in [0.3, 0.4) is 0 Å². The third-order valence-electron chi connectivity index (χ3n) is 0.376. The molecule has 9 heavy (non-hydrogen) atoms. The van der Waals surface area contributed by atoms with E-state index in [1.807, 2.05) is 0 Å². The Balaban J connectivity index is -0.000000180. The van der Waals surface area contributed by atoms with Gasteiger partial charge in [-0.15, -0.1) is 0 Å². The molecule has 0 radical (unpaired) electrons. The molecule has 0 fully saturated rings. The van der Waals surface area contributed by atoms with Crippen LogP contribution in [-0.2, 0) is 10.1 Å². The minimum Gasteiger partial charge on any atom is -0.870 e. The Morgan fingerprint density at radius 2 is 1.78 bits per heavy atom. The molecule has 0 aliphatic carbocycles. The summed E-state index contributed by atoms with van der Waals surface area (Å²) in [7, 11) is -3.80. The van der Waals surface area contributed by atoms with Crippen molar-refractivity contribution in [2.75, 3.05) is 12.3 Å². The summed E-state index contributed by atoms with van der Waals surface area (Å²) < 4.78 is 27.3. The Morgan fingerprint density at radius 1 is 1.44 bits per heavy atom. The maximum atomic E-state index is 9.71. The van der Waals surface area contributed by atoms with Crippen LogP contribution in [0.25, 0.3) is 0 Å². The van der Waals surface area contributed by atoms with Crippen molar-refractivity contribution in [3.8, 4) is 0 Å². The molecule has 0 atom stereocenters. The number of hydrogen-bond donors (Lipinski definition) is 2. The third-order valence-corrected chi connectivity index (χ3v) is 1.13.